The number of para-hydroxylation sites is 1. The highest BCUT2D eigenvalue weighted by Gasteiger charge is 2.55. The molecule has 1 saturated heterocycles. The van der Waals surface area contributed by atoms with E-state index in [1.165, 1.54) is 12.0 Å². The first-order chi connectivity index (χ1) is 25.6. The number of imide groups is 1. The van der Waals surface area contributed by atoms with Gasteiger partial charge in [0.15, 0.2) is 0 Å². The van der Waals surface area contributed by atoms with Crippen LogP contribution in [0.3, 0.4) is 0 Å². The quantitative estimate of drug-likeness (QED) is 0.124. The number of methoxy groups -OCH3 is 1. The maximum Gasteiger partial charge on any atom is 0.328 e. The summed E-state index contributed by atoms with van der Waals surface area (Å²) >= 11 is 0. The molecule has 9 heteroatoms. The summed E-state index contributed by atoms with van der Waals surface area (Å²) < 4.78 is 5.56. The van der Waals surface area contributed by atoms with Crippen molar-refractivity contribution in [1.82, 2.24) is 20.4 Å². The summed E-state index contributed by atoms with van der Waals surface area (Å²) in [6, 6.07) is 41.6. The summed E-state index contributed by atoms with van der Waals surface area (Å²) in [7, 11) is 1.54. The van der Waals surface area contributed by atoms with E-state index in [9.17, 15) is 19.2 Å². The van der Waals surface area contributed by atoms with E-state index in [1.807, 2.05) is 141 Å². The van der Waals surface area contributed by atoms with Crippen molar-refractivity contribution in [1.29, 1.82) is 0 Å². The fourth-order valence-electron chi connectivity index (χ4n) is 6.84. The molecule has 270 valence electrons. The van der Waals surface area contributed by atoms with E-state index in [2.05, 4.69) is 10.6 Å². The van der Waals surface area contributed by atoms with Gasteiger partial charge in [0.25, 0.3) is 5.91 Å². The summed E-state index contributed by atoms with van der Waals surface area (Å²) in [5, 5.41) is 5.92. The first-order valence-electron chi connectivity index (χ1n) is 17.7. The van der Waals surface area contributed by atoms with Crippen LogP contribution in [0, 0.1) is 0 Å². The Morgan fingerprint density at radius 1 is 0.623 bits per heavy atom. The van der Waals surface area contributed by atoms with Crippen LogP contribution in [0.15, 0.2) is 133 Å². The average molecular weight is 709 g/mol. The number of nitrogens with zero attached hydrogens (tertiary/aromatic N) is 2. The molecule has 0 aromatic heterocycles. The fraction of sp³-hybridized carbons (Fsp3) is 0.227. The molecule has 9 nitrogen and oxygen atoms in total. The van der Waals surface area contributed by atoms with Crippen molar-refractivity contribution < 1.29 is 23.9 Å². The van der Waals surface area contributed by atoms with E-state index < -0.39 is 35.8 Å². The molecule has 6 rings (SSSR count). The van der Waals surface area contributed by atoms with Gasteiger partial charge in [-0.1, -0.05) is 127 Å². The molecule has 3 atom stereocenters. The number of rotatable bonds is 13. The molecule has 2 N–H and O–H groups in total. The summed E-state index contributed by atoms with van der Waals surface area (Å²) in [6.07, 6.45) is 0.0770. The van der Waals surface area contributed by atoms with Gasteiger partial charge in [0.1, 0.15) is 24.4 Å². The second-order valence-corrected chi connectivity index (χ2v) is 13.6. The molecule has 0 radical (unpaired) electrons. The van der Waals surface area contributed by atoms with Crippen LogP contribution in [-0.2, 0) is 20.8 Å². The molecule has 0 spiro atoms. The van der Waals surface area contributed by atoms with Gasteiger partial charge in [0, 0.05) is 6.42 Å². The Morgan fingerprint density at radius 2 is 1.06 bits per heavy atom. The number of carbonyl (C=O) groups is 4. The third kappa shape index (κ3) is 8.15. The standard InChI is InChI=1S/C44H44N4O5/c1-30(32-19-23-36(24-20-32)34-13-7-5-8-14-34)45-40(49)28-47-42(51)44(3,27-38-17-11-12-18-39(38)53-4)48(43(47)52)29-41(50)46-31(2)33-21-25-37(26-22-33)35-15-9-6-10-16-35/h5-26,30-31H,27-29H2,1-4H3,(H,45,49)(H,46,50)/t30-,31-,44-/m1/s1. The molecule has 1 aliphatic rings. The molecule has 53 heavy (non-hydrogen) atoms. The molecule has 1 aliphatic heterocycles. The third-order valence-electron chi connectivity index (χ3n) is 9.88. The molecular weight excluding hydrogens is 665 g/mol. The van der Waals surface area contributed by atoms with Crippen molar-refractivity contribution in [2.24, 2.45) is 0 Å². The van der Waals surface area contributed by atoms with Gasteiger partial charge in [0.05, 0.1) is 19.2 Å². The van der Waals surface area contributed by atoms with Gasteiger partial charge in [-0.15, -0.1) is 0 Å². The number of urea groups is 1. The van der Waals surface area contributed by atoms with Crippen molar-refractivity contribution in [2.75, 3.05) is 20.2 Å². The molecule has 1 fully saturated rings. The van der Waals surface area contributed by atoms with Gasteiger partial charge in [-0.2, -0.15) is 0 Å². The second kappa shape index (κ2) is 16.0. The van der Waals surface area contributed by atoms with Crippen LogP contribution in [0.1, 0.15) is 49.5 Å². The monoisotopic (exact) mass is 708 g/mol. The lowest BCUT2D eigenvalue weighted by atomic mass is 9.90. The zero-order valence-electron chi connectivity index (χ0n) is 30.4. The molecule has 1 heterocycles. The van der Waals surface area contributed by atoms with Crippen molar-refractivity contribution in [3.63, 3.8) is 0 Å². The van der Waals surface area contributed by atoms with E-state index >= 15 is 0 Å². The highest BCUT2D eigenvalue weighted by molar-refractivity contribution is 6.10. The molecule has 0 aliphatic carbocycles. The maximum absolute atomic E-state index is 14.2. The van der Waals surface area contributed by atoms with Crippen molar-refractivity contribution in [2.45, 2.75) is 44.8 Å². The van der Waals surface area contributed by atoms with Gasteiger partial charge in [0.2, 0.25) is 11.8 Å². The van der Waals surface area contributed by atoms with E-state index in [0.717, 1.165) is 38.3 Å². The molecule has 5 aromatic rings. The first-order valence-corrected chi connectivity index (χ1v) is 17.7. The third-order valence-corrected chi connectivity index (χ3v) is 9.88. The Morgan fingerprint density at radius 3 is 1.55 bits per heavy atom. The van der Waals surface area contributed by atoms with Gasteiger partial charge in [-0.3, -0.25) is 19.3 Å². The average Bonchev–Trinajstić information content (AvgIpc) is 3.34. The Balaban J connectivity index is 1.16. The minimum absolute atomic E-state index is 0.0770. The second-order valence-electron chi connectivity index (χ2n) is 13.6. The zero-order valence-corrected chi connectivity index (χ0v) is 30.4. The van der Waals surface area contributed by atoms with Crippen LogP contribution in [0.4, 0.5) is 4.79 Å². The number of hydrogen-bond donors (Lipinski definition) is 2. The van der Waals surface area contributed by atoms with E-state index in [0.29, 0.717) is 11.3 Å². The minimum atomic E-state index is -1.47. The van der Waals surface area contributed by atoms with E-state index in [4.69, 9.17) is 4.74 Å². The predicted molar refractivity (Wildman–Crippen MR) is 206 cm³/mol. The Bertz CT molecular complexity index is 2070. The highest BCUT2D eigenvalue weighted by atomic mass is 16.5. The number of amides is 5. The lowest BCUT2D eigenvalue weighted by molar-refractivity contribution is -0.136. The fourth-order valence-corrected chi connectivity index (χ4v) is 6.84. The Labute approximate surface area is 310 Å². The minimum Gasteiger partial charge on any atom is -0.496 e. The molecule has 0 bridgehead atoms. The maximum atomic E-state index is 14.2. The van der Waals surface area contributed by atoms with Gasteiger partial charge < -0.3 is 20.3 Å². The predicted octanol–water partition coefficient (Wildman–Crippen LogP) is 7.35. The van der Waals surface area contributed by atoms with Crippen LogP contribution >= 0.6 is 0 Å². The van der Waals surface area contributed by atoms with E-state index in [-0.39, 0.29) is 25.0 Å². The van der Waals surface area contributed by atoms with Crippen LogP contribution in [0.5, 0.6) is 5.75 Å². The van der Waals surface area contributed by atoms with Crippen LogP contribution in [0.25, 0.3) is 22.3 Å². The van der Waals surface area contributed by atoms with E-state index in [1.54, 1.807) is 13.0 Å². The topological polar surface area (TPSA) is 108 Å². The summed E-state index contributed by atoms with van der Waals surface area (Å²) in [6.45, 7) is 4.47. The highest BCUT2D eigenvalue weighted by Crippen LogP contribution is 2.34. The number of nitrogens with one attached hydrogen (secondary N) is 2. The Kier molecular flexibility index (Phi) is 11.0. The van der Waals surface area contributed by atoms with Crippen molar-refractivity contribution >= 4 is 23.8 Å². The largest absolute Gasteiger partial charge is 0.496 e. The normalized spacial score (nSPS) is 16.6. The van der Waals surface area contributed by atoms with Crippen molar-refractivity contribution in [3.8, 4) is 28.0 Å². The zero-order chi connectivity index (χ0) is 37.5. The lowest BCUT2D eigenvalue weighted by Gasteiger charge is -2.32. The Hall–Kier alpha value is -6.22. The number of hydrogen-bond acceptors (Lipinski definition) is 5. The molecule has 0 unspecified atom stereocenters. The molecule has 5 amide bonds. The smallest absolute Gasteiger partial charge is 0.328 e. The molecule has 5 aromatic carbocycles. The van der Waals surface area contributed by atoms with Gasteiger partial charge >= 0.3 is 6.03 Å². The number of benzene rings is 5. The van der Waals surface area contributed by atoms with Crippen LogP contribution in [0.2, 0.25) is 0 Å². The van der Waals surface area contributed by atoms with Crippen LogP contribution < -0.4 is 15.4 Å². The lowest BCUT2D eigenvalue weighted by Crippen LogP contribution is -2.52. The summed E-state index contributed by atoms with van der Waals surface area (Å²) in [4.78, 5) is 57.4. The molecular formula is C44H44N4O5. The van der Waals surface area contributed by atoms with Crippen molar-refractivity contribution in [3.05, 3.63) is 150 Å². The number of carbonyl (C=O) groups excluding carboxylic acids is 4. The van der Waals surface area contributed by atoms with Gasteiger partial charge in [-0.05, 0) is 65.8 Å². The summed E-state index contributed by atoms with van der Waals surface area (Å²) in [5.74, 6) is -0.948. The first kappa shape index (κ1) is 36.6. The summed E-state index contributed by atoms with van der Waals surface area (Å²) in [5.41, 5.74) is 5.27. The van der Waals surface area contributed by atoms with Crippen LogP contribution in [-0.4, -0.2) is 59.3 Å². The number of ether oxygens (including phenoxy) is 1. The SMILES string of the molecule is COc1ccccc1C[C@]1(C)C(=O)N(CC(=O)N[C@H](C)c2ccc(-c3ccccc3)cc2)C(=O)N1CC(=O)N[C@H](C)c1ccc(-c2ccccc2)cc1. The molecule has 0 saturated carbocycles. The van der Waals surface area contributed by atoms with Gasteiger partial charge in [-0.25, -0.2) is 4.79 Å².